The topological polar surface area (TPSA) is 64.7 Å². The fourth-order valence-corrected chi connectivity index (χ4v) is 3.21. The third kappa shape index (κ3) is 3.58. The Morgan fingerprint density at radius 3 is 2.86 bits per heavy atom. The van der Waals surface area contributed by atoms with Crippen LogP contribution in [0.3, 0.4) is 0 Å². The predicted molar refractivity (Wildman–Crippen MR) is 83.4 cm³/mol. The Hall–Kier alpha value is -0.650. The highest BCUT2D eigenvalue weighted by Crippen LogP contribution is 2.35. The summed E-state index contributed by atoms with van der Waals surface area (Å²) in [5.74, 6) is 0. The van der Waals surface area contributed by atoms with E-state index in [1.807, 2.05) is 6.92 Å². The van der Waals surface area contributed by atoms with Crippen LogP contribution < -0.4 is 5.73 Å². The summed E-state index contributed by atoms with van der Waals surface area (Å²) in [5, 5.41) is 9.82. The van der Waals surface area contributed by atoms with Crippen LogP contribution >= 0.6 is 12.4 Å². The summed E-state index contributed by atoms with van der Waals surface area (Å²) in [5.41, 5.74) is 8.59. The number of ether oxygens (including phenoxy) is 2. The van der Waals surface area contributed by atoms with Crippen molar-refractivity contribution in [3.05, 3.63) is 35.4 Å². The number of benzene rings is 1. The lowest BCUT2D eigenvalue weighted by Gasteiger charge is -2.38. The molecule has 118 valence electrons. The van der Waals surface area contributed by atoms with Gasteiger partial charge in [0.2, 0.25) is 0 Å². The van der Waals surface area contributed by atoms with Crippen molar-refractivity contribution in [3.63, 3.8) is 0 Å². The third-order valence-corrected chi connectivity index (χ3v) is 4.38. The summed E-state index contributed by atoms with van der Waals surface area (Å²) < 4.78 is 11.9. The fraction of sp³-hybridized carbons (Fsp3) is 0.625. The minimum atomic E-state index is -0.603. The van der Waals surface area contributed by atoms with Gasteiger partial charge in [-0.1, -0.05) is 24.3 Å². The molecule has 1 aliphatic heterocycles. The Kier molecular flexibility index (Phi) is 5.63. The first-order valence-corrected chi connectivity index (χ1v) is 7.47. The first-order chi connectivity index (χ1) is 9.65. The molecule has 5 heteroatoms. The number of aliphatic hydroxyl groups is 1. The molecule has 1 saturated heterocycles. The van der Waals surface area contributed by atoms with E-state index in [4.69, 9.17) is 15.2 Å². The second-order valence-electron chi connectivity index (χ2n) is 5.88. The van der Waals surface area contributed by atoms with E-state index in [0.29, 0.717) is 6.42 Å². The van der Waals surface area contributed by atoms with Gasteiger partial charge in [-0.25, -0.2) is 0 Å². The molecule has 0 spiro atoms. The Labute approximate surface area is 132 Å². The largest absolute Gasteiger partial charge is 0.389 e. The third-order valence-electron chi connectivity index (χ3n) is 4.38. The van der Waals surface area contributed by atoms with Crippen LogP contribution in [0.15, 0.2) is 24.3 Å². The molecule has 1 aliphatic carbocycles. The molecule has 0 bridgehead atoms. The van der Waals surface area contributed by atoms with Gasteiger partial charge in [-0.3, -0.25) is 0 Å². The van der Waals surface area contributed by atoms with Gasteiger partial charge in [0.15, 0.2) is 6.29 Å². The van der Waals surface area contributed by atoms with Gasteiger partial charge in [-0.2, -0.15) is 0 Å². The van der Waals surface area contributed by atoms with Crippen LogP contribution in [0.2, 0.25) is 0 Å². The molecule has 2 aliphatic rings. The molecule has 1 fully saturated rings. The van der Waals surface area contributed by atoms with Crippen LogP contribution in [-0.2, 0) is 15.9 Å². The molecule has 3 N–H and O–H groups in total. The maximum Gasteiger partial charge on any atom is 0.160 e. The number of fused-ring (bicyclic) bond motifs is 1. The molecule has 5 atom stereocenters. The Morgan fingerprint density at radius 1 is 1.33 bits per heavy atom. The van der Waals surface area contributed by atoms with E-state index in [1.54, 1.807) is 0 Å². The van der Waals surface area contributed by atoms with Gasteiger partial charge >= 0.3 is 0 Å². The number of aryl methyl sites for hydroxylation is 1. The summed E-state index contributed by atoms with van der Waals surface area (Å²) in [6.07, 6.45) is 2.71. The maximum atomic E-state index is 9.82. The fourth-order valence-electron chi connectivity index (χ4n) is 3.21. The van der Waals surface area contributed by atoms with E-state index >= 15 is 0 Å². The van der Waals surface area contributed by atoms with Crippen molar-refractivity contribution in [1.29, 1.82) is 0 Å². The van der Waals surface area contributed by atoms with E-state index in [2.05, 4.69) is 24.3 Å². The lowest BCUT2D eigenvalue weighted by molar-refractivity contribution is -0.242. The van der Waals surface area contributed by atoms with Crippen molar-refractivity contribution in [3.8, 4) is 0 Å². The molecule has 0 amide bonds. The van der Waals surface area contributed by atoms with E-state index in [0.717, 1.165) is 19.3 Å². The van der Waals surface area contributed by atoms with Gasteiger partial charge in [-0.15, -0.1) is 12.4 Å². The molecule has 1 heterocycles. The second kappa shape index (κ2) is 7.07. The average molecular weight is 314 g/mol. The van der Waals surface area contributed by atoms with Crippen molar-refractivity contribution < 1.29 is 14.6 Å². The number of aliphatic hydroxyl groups excluding tert-OH is 1. The Morgan fingerprint density at radius 2 is 2.10 bits per heavy atom. The highest BCUT2D eigenvalue weighted by atomic mass is 35.5. The molecule has 21 heavy (non-hydrogen) atoms. The van der Waals surface area contributed by atoms with Crippen molar-refractivity contribution in [1.82, 2.24) is 0 Å². The maximum absolute atomic E-state index is 9.82. The molecule has 1 aromatic carbocycles. The molecular weight excluding hydrogens is 290 g/mol. The SMILES string of the molecule is CC1OC(OC2CCCc3ccccc32)CC(N)C1O.Cl. The molecule has 1 aromatic rings. The van der Waals surface area contributed by atoms with Crippen molar-refractivity contribution in [2.45, 2.75) is 63.3 Å². The minimum absolute atomic E-state index is 0. The summed E-state index contributed by atoms with van der Waals surface area (Å²) in [6, 6.07) is 8.17. The van der Waals surface area contributed by atoms with Gasteiger partial charge in [0.05, 0.1) is 18.3 Å². The zero-order valence-electron chi connectivity index (χ0n) is 12.3. The number of rotatable bonds is 2. The van der Waals surface area contributed by atoms with E-state index in [9.17, 15) is 5.11 Å². The van der Waals surface area contributed by atoms with E-state index < -0.39 is 6.10 Å². The van der Waals surface area contributed by atoms with Crippen molar-refractivity contribution >= 4 is 12.4 Å². The average Bonchev–Trinajstić information content (AvgIpc) is 2.45. The zero-order valence-corrected chi connectivity index (χ0v) is 13.1. The summed E-state index contributed by atoms with van der Waals surface area (Å²) in [4.78, 5) is 0. The monoisotopic (exact) mass is 313 g/mol. The van der Waals surface area contributed by atoms with Crippen LogP contribution in [-0.4, -0.2) is 29.6 Å². The molecular formula is C16H24ClNO3. The number of hydrogen-bond donors (Lipinski definition) is 2. The first-order valence-electron chi connectivity index (χ1n) is 7.47. The van der Waals surface area contributed by atoms with Crippen LogP contribution in [0, 0.1) is 0 Å². The molecule has 0 radical (unpaired) electrons. The predicted octanol–water partition coefficient (Wildman–Crippen LogP) is 2.33. The smallest absolute Gasteiger partial charge is 0.160 e. The first kappa shape index (κ1) is 16.7. The summed E-state index contributed by atoms with van der Waals surface area (Å²) in [7, 11) is 0. The van der Waals surface area contributed by atoms with Crippen LogP contribution in [0.4, 0.5) is 0 Å². The van der Waals surface area contributed by atoms with Gasteiger partial charge in [-0.05, 0) is 37.3 Å². The minimum Gasteiger partial charge on any atom is -0.389 e. The van der Waals surface area contributed by atoms with Crippen LogP contribution in [0.1, 0.15) is 43.4 Å². The van der Waals surface area contributed by atoms with E-state index in [1.165, 1.54) is 11.1 Å². The van der Waals surface area contributed by atoms with Crippen molar-refractivity contribution in [2.75, 3.05) is 0 Å². The van der Waals surface area contributed by atoms with Crippen LogP contribution in [0.5, 0.6) is 0 Å². The lowest BCUT2D eigenvalue weighted by Crippen LogP contribution is -2.51. The summed E-state index contributed by atoms with van der Waals surface area (Å²) in [6.45, 7) is 1.84. The van der Waals surface area contributed by atoms with E-state index in [-0.39, 0.29) is 36.9 Å². The normalized spacial score (nSPS) is 35.7. The highest BCUT2D eigenvalue weighted by molar-refractivity contribution is 5.85. The molecule has 0 saturated carbocycles. The molecule has 0 aromatic heterocycles. The van der Waals surface area contributed by atoms with Gasteiger partial charge < -0.3 is 20.3 Å². The van der Waals surface area contributed by atoms with Gasteiger partial charge in [0, 0.05) is 12.5 Å². The highest BCUT2D eigenvalue weighted by Gasteiger charge is 2.35. The lowest BCUT2D eigenvalue weighted by atomic mass is 9.89. The second-order valence-corrected chi connectivity index (χ2v) is 5.88. The zero-order chi connectivity index (χ0) is 14.1. The number of nitrogens with two attached hydrogens (primary N) is 1. The standard InChI is InChI=1S/C16H23NO3.ClH/c1-10-16(18)13(17)9-15(19-10)20-14-8-4-6-11-5-2-3-7-12(11)14;/h2-3,5,7,10,13-16,18H,4,6,8-9,17H2,1H3;1H. The van der Waals surface area contributed by atoms with Crippen molar-refractivity contribution in [2.24, 2.45) is 5.73 Å². The van der Waals surface area contributed by atoms with Crippen LogP contribution in [0.25, 0.3) is 0 Å². The van der Waals surface area contributed by atoms with Gasteiger partial charge in [0.25, 0.3) is 0 Å². The Balaban J connectivity index is 0.00000161. The molecule has 5 unspecified atom stereocenters. The summed E-state index contributed by atoms with van der Waals surface area (Å²) >= 11 is 0. The Bertz CT molecular complexity index is 459. The molecule has 3 rings (SSSR count). The quantitative estimate of drug-likeness (QED) is 0.879. The van der Waals surface area contributed by atoms with Gasteiger partial charge in [0.1, 0.15) is 0 Å². The number of hydrogen-bond acceptors (Lipinski definition) is 4. The number of halogens is 1. The molecule has 4 nitrogen and oxygen atoms in total.